The highest BCUT2D eigenvalue weighted by Crippen LogP contribution is 1.84. The van der Waals surface area contributed by atoms with Crippen LogP contribution in [0.4, 0.5) is 0 Å². The van der Waals surface area contributed by atoms with Gasteiger partial charge in [-0.25, -0.2) is 9.59 Å². The number of rotatable bonds is 4. The fourth-order valence-corrected chi connectivity index (χ4v) is 0.740. The van der Waals surface area contributed by atoms with Crippen molar-refractivity contribution >= 4 is 11.9 Å². The summed E-state index contributed by atoms with van der Waals surface area (Å²) >= 11 is 0. The van der Waals surface area contributed by atoms with Crippen molar-refractivity contribution in [3.8, 4) is 0 Å². The third-order valence-corrected chi connectivity index (χ3v) is 1.26. The third kappa shape index (κ3) is 16.4. The van der Waals surface area contributed by atoms with Crippen LogP contribution in [0.25, 0.3) is 0 Å². The van der Waals surface area contributed by atoms with Gasteiger partial charge in [-0.15, -0.1) is 0 Å². The minimum atomic E-state index is -0.377. The second kappa shape index (κ2) is 11.5. The molecule has 0 aliphatic rings. The summed E-state index contributed by atoms with van der Waals surface area (Å²) in [5.41, 5.74) is 11.3. The van der Waals surface area contributed by atoms with Gasteiger partial charge in [-0.1, -0.05) is 0 Å². The number of hydrogen-bond donors (Lipinski definition) is 2. The predicted octanol–water partition coefficient (Wildman–Crippen LogP) is 0.824. The first-order chi connectivity index (χ1) is 8.33. The lowest BCUT2D eigenvalue weighted by atomic mass is 10.4. The Bertz CT molecular complexity index is 282. The van der Waals surface area contributed by atoms with E-state index >= 15 is 0 Å². The van der Waals surface area contributed by atoms with Gasteiger partial charge in [0.15, 0.2) is 0 Å². The van der Waals surface area contributed by atoms with Crippen molar-refractivity contribution in [2.24, 2.45) is 11.5 Å². The van der Waals surface area contributed by atoms with Crippen molar-refractivity contribution in [1.29, 1.82) is 0 Å². The summed E-state index contributed by atoms with van der Waals surface area (Å²) in [5, 5.41) is 0. The van der Waals surface area contributed by atoms with E-state index in [4.69, 9.17) is 11.5 Å². The van der Waals surface area contributed by atoms with Gasteiger partial charge in [0.2, 0.25) is 0 Å². The molecule has 0 aliphatic heterocycles. The smallest absolute Gasteiger partial charge is 0.332 e. The molecule has 0 atom stereocenters. The lowest BCUT2D eigenvalue weighted by Crippen LogP contribution is -2.03. The van der Waals surface area contributed by atoms with E-state index < -0.39 is 0 Å². The largest absolute Gasteiger partial charge is 0.463 e. The fraction of sp³-hybridized carbons (Fsp3) is 0.500. The zero-order valence-electron chi connectivity index (χ0n) is 11.4. The molecule has 0 unspecified atom stereocenters. The summed E-state index contributed by atoms with van der Waals surface area (Å²) in [7, 11) is 0. The number of carbonyl (C=O) groups excluding carboxylic acids is 2. The van der Waals surface area contributed by atoms with Gasteiger partial charge in [0.05, 0.1) is 13.2 Å². The van der Waals surface area contributed by atoms with E-state index in [1.807, 2.05) is 0 Å². The first-order valence-electron chi connectivity index (χ1n) is 5.54. The molecule has 0 rings (SSSR count). The van der Waals surface area contributed by atoms with Crippen LogP contribution < -0.4 is 11.5 Å². The standard InChI is InChI=1S/2C6H11NO2/c2*1-3-9-6(8)4-5(2)7/h2*4H,3,7H2,1-2H3. The van der Waals surface area contributed by atoms with Crippen LogP contribution in [-0.2, 0) is 19.1 Å². The number of nitrogens with two attached hydrogens (primary N) is 2. The van der Waals surface area contributed by atoms with Gasteiger partial charge >= 0.3 is 11.9 Å². The Labute approximate surface area is 108 Å². The molecule has 104 valence electrons. The topological polar surface area (TPSA) is 105 Å². The minimum absolute atomic E-state index is 0.377. The molecule has 0 saturated carbocycles. The molecular weight excluding hydrogens is 236 g/mol. The average Bonchev–Trinajstić information content (AvgIpc) is 2.16. The normalized spacial score (nSPS) is 11.1. The van der Waals surface area contributed by atoms with Gasteiger partial charge in [-0.3, -0.25) is 0 Å². The molecule has 0 radical (unpaired) electrons. The van der Waals surface area contributed by atoms with E-state index in [-0.39, 0.29) is 11.9 Å². The molecule has 6 nitrogen and oxygen atoms in total. The highest BCUT2D eigenvalue weighted by Gasteiger charge is 1.93. The van der Waals surface area contributed by atoms with E-state index in [0.29, 0.717) is 24.6 Å². The predicted molar refractivity (Wildman–Crippen MR) is 69.2 cm³/mol. The number of ether oxygens (including phenoxy) is 2. The zero-order chi connectivity index (χ0) is 14.6. The highest BCUT2D eigenvalue weighted by atomic mass is 16.5. The lowest BCUT2D eigenvalue weighted by molar-refractivity contribution is -0.138. The zero-order valence-corrected chi connectivity index (χ0v) is 11.4. The summed E-state index contributed by atoms with van der Waals surface area (Å²) < 4.78 is 9.11. The first kappa shape index (κ1) is 18.4. The molecule has 0 aliphatic carbocycles. The van der Waals surface area contributed by atoms with Crippen molar-refractivity contribution in [1.82, 2.24) is 0 Å². The second-order valence-electron chi connectivity index (χ2n) is 3.28. The number of allylic oxidation sites excluding steroid dienone is 2. The molecular formula is C12H22N2O4. The van der Waals surface area contributed by atoms with Gasteiger partial charge in [0.25, 0.3) is 0 Å². The summed E-state index contributed by atoms with van der Waals surface area (Å²) in [5.74, 6) is -0.755. The van der Waals surface area contributed by atoms with Crippen LogP contribution in [0.2, 0.25) is 0 Å². The van der Waals surface area contributed by atoms with Crippen molar-refractivity contribution in [2.45, 2.75) is 27.7 Å². The molecule has 0 spiro atoms. The molecule has 0 aromatic carbocycles. The van der Waals surface area contributed by atoms with E-state index in [1.165, 1.54) is 12.2 Å². The van der Waals surface area contributed by atoms with E-state index in [1.54, 1.807) is 27.7 Å². The number of hydrogen-bond acceptors (Lipinski definition) is 6. The van der Waals surface area contributed by atoms with Crippen LogP contribution in [0.15, 0.2) is 23.5 Å². The van der Waals surface area contributed by atoms with Gasteiger partial charge in [-0.2, -0.15) is 0 Å². The number of carbonyl (C=O) groups is 2. The first-order valence-corrected chi connectivity index (χ1v) is 5.54. The maximum Gasteiger partial charge on any atom is 0.332 e. The molecule has 0 amide bonds. The Morgan fingerprint density at radius 2 is 1.17 bits per heavy atom. The maximum absolute atomic E-state index is 10.5. The van der Waals surface area contributed by atoms with Crippen LogP contribution in [-0.4, -0.2) is 25.2 Å². The van der Waals surface area contributed by atoms with Crippen LogP contribution in [0.3, 0.4) is 0 Å². The molecule has 0 saturated heterocycles. The fourth-order valence-electron chi connectivity index (χ4n) is 0.740. The molecule has 0 bridgehead atoms. The second-order valence-corrected chi connectivity index (χ2v) is 3.28. The van der Waals surface area contributed by atoms with Gasteiger partial charge in [0.1, 0.15) is 0 Å². The van der Waals surface area contributed by atoms with Gasteiger partial charge < -0.3 is 20.9 Å². The molecule has 18 heavy (non-hydrogen) atoms. The minimum Gasteiger partial charge on any atom is -0.463 e. The molecule has 0 aromatic rings. The van der Waals surface area contributed by atoms with Gasteiger partial charge in [0, 0.05) is 23.5 Å². The van der Waals surface area contributed by atoms with Crippen LogP contribution in [0, 0.1) is 0 Å². The third-order valence-electron chi connectivity index (χ3n) is 1.26. The maximum atomic E-state index is 10.5. The van der Waals surface area contributed by atoms with Crippen molar-refractivity contribution < 1.29 is 19.1 Å². The Balaban J connectivity index is 0. The number of esters is 2. The van der Waals surface area contributed by atoms with Crippen molar-refractivity contribution in [2.75, 3.05) is 13.2 Å². The van der Waals surface area contributed by atoms with E-state index in [0.717, 1.165) is 0 Å². The van der Waals surface area contributed by atoms with Crippen LogP contribution in [0.5, 0.6) is 0 Å². The van der Waals surface area contributed by atoms with Crippen molar-refractivity contribution in [3.63, 3.8) is 0 Å². The molecule has 4 N–H and O–H groups in total. The summed E-state index contributed by atoms with van der Waals surface area (Å²) in [4.78, 5) is 20.9. The summed E-state index contributed by atoms with van der Waals surface area (Å²) in [6, 6.07) is 0. The quantitative estimate of drug-likeness (QED) is 0.571. The Morgan fingerprint density at radius 1 is 0.889 bits per heavy atom. The summed E-state index contributed by atoms with van der Waals surface area (Å²) in [6.07, 6.45) is 2.51. The van der Waals surface area contributed by atoms with Gasteiger partial charge in [-0.05, 0) is 27.7 Å². The molecule has 0 heterocycles. The average molecular weight is 258 g/mol. The van der Waals surface area contributed by atoms with Crippen LogP contribution >= 0.6 is 0 Å². The Morgan fingerprint density at radius 3 is 1.33 bits per heavy atom. The highest BCUT2D eigenvalue weighted by molar-refractivity contribution is 5.82. The SMILES string of the molecule is CCOC(=O)C=C(C)N.CCOC(=O)C=C(C)N. The van der Waals surface area contributed by atoms with Crippen LogP contribution in [0.1, 0.15) is 27.7 Å². The van der Waals surface area contributed by atoms with E-state index in [2.05, 4.69) is 9.47 Å². The molecule has 6 heteroatoms. The monoisotopic (exact) mass is 258 g/mol. The Kier molecular flexibility index (Phi) is 11.8. The van der Waals surface area contributed by atoms with E-state index in [9.17, 15) is 9.59 Å². The Hall–Kier alpha value is -1.98. The lowest BCUT2D eigenvalue weighted by Gasteiger charge is -1.94. The summed E-state index contributed by atoms with van der Waals surface area (Å²) in [6.45, 7) is 7.55. The van der Waals surface area contributed by atoms with Crippen molar-refractivity contribution in [3.05, 3.63) is 23.5 Å². The molecule has 0 aromatic heterocycles. The molecule has 0 fully saturated rings.